The van der Waals surface area contributed by atoms with Crippen molar-refractivity contribution >= 4 is 45.1 Å². The Hall–Kier alpha value is -2.25. The Labute approximate surface area is 170 Å². The van der Waals surface area contributed by atoms with Crippen LogP contribution in [-0.2, 0) is 9.53 Å². The Morgan fingerprint density at radius 3 is 2.63 bits per heavy atom. The Morgan fingerprint density at radius 1 is 1.26 bits per heavy atom. The summed E-state index contributed by atoms with van der Waals surface area (Å²) >= 11 is 9.56. The monoisotopic (exact) mass is 455 g/mol. The zero-order valence-corrected chi connectivity index (χ0v) is 17.4. The summed E-state index contributed by atoms with van der Waals surface area (Å²) in [4.78, 5) is 24.4. The van der Waals surface area contributed by atoms with Crippen molar-refractivity contribution in [3.63, 3.8) is 0 Å². The molecule has 8 heteroatoms. The molecule has 1 atom stereocenters. The number of halogens is 2. The second-order valence-corrected chi connectivity index (χ2v) is 6.78. The van der Waals surface area contributed by atoms with E-state index in [0.717, 1.165) is 4.47 Å². The van der Waals surface area contributed by atoms with E-state index in [1.807, 2.05) is 6.07 Å². The maximum absolute atomic E-state index is 12.4. The average molecular weight is 457 g/mol. The minimum absolute atomic E-state index is 0.181. The van der Waals surface area contributed by atoms with Crippen molar-refractivity contribution in [2.75, 3.05) is 19.0 Å². The SMILES string of the molecule is CCOC(=O)c1cc(Cl)c(NC(=O)C(C)Oc2cccc(Br)c2)cc1OC. The van der Waals surface area contributed by atoms with Crippen LogP contribution in [0.25, 0.3) is 0 Å². The van der Waals surface area contributed by atoms with E-state index in [0.29, 0.717) is 11.4 Å². The van der Waals surface area contributed by atoms with Gasteiger partial charge in [0.05, 0.1) is 24.4 Å². The molecule has 144 valence electrons. The van der Waals surface area contributed by atoms with Crippen molar-refractivity contribution in [3.05, 3.63) is 51.5 Å². The van der Waals surface area contributed by atoms with E-state index in [9.17, 15) is 9.59 Å². The number of anilines is 1. The number of carbonyl (C=O) groups excluding carboxylic acids is 2. The number of esters is 1. The number of hydrogen-bond acceptors (Lipinski definition) is 5. The summed E-state index contributed by atoms with van der Waals surface area (Å²) in [7, 11) is 1.41. The molecule has 2 aromatic carbocycles. The Balaban J connectivity index is 2.15. The number of amides is 1. The number of benzene rings is 2. The highest BCUT2D eigenvalue weighted by atomic mass is 79.9. The molecule has 0 aromatic heterocycles. The summed E-state index contributed by atoms with van der Waals surface area (Å²) in [6, 6.07) is 10.0. The van der Waals surface area contributed by atoms with E-state index in [1.54, 1.807) is 32.0 Å². The largest absolute Gasteiger partial charge is 0.496 e. The molecule has 6 nitrogen and oxygen atoms in total. The maximum atomic E-state index is 12.4. The predicted molar refractivity (Wildman–Crippen MR) is 107 cm³/mol. The lowest BCUT2D eigenvalue weighted by Crippen LogP contribution is -2.30. The lowest BCUT2D eigenvalue weighted by Gasteiger charge is -2.17. The summed E-state index contributed by atoms with van der Waals surface area (Å²) in [5.41, 5.74) is 0.483. The minimum Gasteiger partial charge on any atom is -0.496 e. The van der Waals surface area contributed by atoms with Crippen LogP contribution in [0.5, 0.6) is 11.5 Å². The summed E-state index contributed by atoms with van der Waals surface area (Å²) in [5, 5.41) is 2.86. The van der Waals surface area contributed by atoms with E-state index in [1.165, 1.54) is 19.2 Å². The smallest absolute Gasteiger partial charge is 0.341 e. The summed E-state index contributed by atoms with van der Waals surface area (Å²) in [6.07, 6.45) is -0.772. The third kappa shape index (κ3) is 5.61. The van der Waals surface area contributed by atoms with E-state index in [2.05, 4.69) is 21.2 Å². The molecule has 0 spiro atoms. The second kappa shape index (κ2) is 9.62. The van der Waals surface area contributed by atoms with E-state index in [4.69, 9.17) is 25.8 Å². The van der Waals surface area contributed by atoms with E-state index in [-0.39, 0.29) is 22.9 Å². The van der Waals surface area contributed by atoms with Gasteiger partial charge in [-0.15, -0.1) is 0 Å². The predicted octanol–water partition coefficient (Wildman–Crippen LogP) is 4.69. The normalized spacial score (nSPS) is 11.4. The van der Waals surface area contributed by atoms with Crippen LogP contribution in [0, 0.1) is 0 Å². The lowest BCUT2D eigenvalue weighted by molar-refractivity contribution is -0.122. The van der Waals surface area contributed by atoms with Crippen LogP contribution in [0.15, 0.2) is 40.9 Å². The fraction of sp³-hybridized carbons (Fsp3) is 0.263. The number of hydrogen-bond donors (Lipinski definition) is 1. The lowest BCUT2D eigenvalue weighted by atomic mass is 10.1. The highest BCUT2D eigenvalue weighted by molar-refractivity contribution is 9.10. The van der Waals surface area contributed by atoms with Gasteiger partial charge in [-0.1, -0.05) is 33.6 Å². The summed E-state index contributed by atoms with van der Waals surface area (Å²) in [6.45, 7) is 3.55. The zero-order valence-electron chi connectivity index (χ0n) is 15.0. The highest BCUT2D eigenvalue weighted by Gasteiger charge is 2.20. The van der Waals surface area contributed by atoms with Gasteiger partial charge in [-0.2, -0.15) is 0 Å². The van der Waals surface area contributed by atoms with Crippen LogP contribution in [0.1, 0.15) is 24.2 Å². The van der Waals surface area contributed by atoms with Gasteiger partial charge in [0, 0.05) is 10.5 Å². The molecule has 0 saturated heterocycles. The van der Waals surface area contributed by atoms with Gasteiger partial charge in [-0.3, -0.25) is 4.79 Å². The third-order valence-electron chi connectivity index (χ3n) is 3.52. The molecule has 0 aliphatic carbocycles. The first kappa shape index (κ1) is 21.1. The number of nitrogens with one attached hydrogen (secondary N) is 1. The van der Waals surface area contributed by atoms with Gasteiger partial charge in [0.25, 0.3) is 5.91 Å². The van der Waals surface area contributed by atoms with Crippen LogP contribution in [-0.4, -0.2) is 31.7 Å². The van der Waals surface area contributed by atoms with Gasteiger partial charge in [0.2, 0.25) is 0 Å². The number of carbonyl (C=O) groups is 2. The quantitative estimate of drug-likeness (QED) is 0.612. The first-order valence-electron chi connectivity index (χ1n) is 8.13. The van der Waals surface area contributed by atoms with Gasteiger partial charge in [0.1, 0.15) is 17.1 Å². The molecule has 0 radical (unpaired) electrons. The van der Waals surface area contributed by atoms with Crippen molar-refractivity contribution in [2.24, 2.45) is 0 Å². The molecule has 0 bridgehead atoms. The maximum Gasteiger partial charge on any atom is 0.341 e. The Kier molecular flexibility index (Phi) is 7.50. The van der Waals surface area contributed by atoms with Crippen LogP contribution in [0.2, 0.25) is 5.02 Å². The van der Waals surface area contributed by atoms with Gasteiger partial charge in [0.15, 0.2) is 6.10 Å². The standard InChI is InChI=1S/C19H19BrClNO5/c1-4-26-19(24)14-9-15(21)16(10-17(14)25-3)22-18(23)11(2)27-13-7-5-6-12(20)8-13/h5-11H,4H2,1-3H3,(H,22,23). The van der Waals surface area contributed by atoms with E-state index < -0.39 is 18.0 Å². The number of ether oxygens (including phenoxy) is 3. The van der Waals surface area contributed by atoms with Gasteiger partial charge < -0.3 is 19.5 Å². The second-order valence-electron chi connectivity index (χ2n) is 5.46. The highest BCUT2D eigenvalue weighted by Crippen LogP contribution is 2.32. The van der Waals surface area contributed by atoms with Gasteiger partial charge in [-0.05, 0) is 38.1 Å². The molecule has 0 aliphatic rings. The van der Waals surface area contributed by atoms with Gasteiger partial charge in [-0.25, -0.2) is 4.79 Å². The number of rotatable bonds is 7. The summed E-state index contributed by atoms with van der Waals surface area (Å²) in [5.74, 6) is -0.162. The molecule has 27 heavy (non-hydrogen) atoms. The van der Waals surface area contributed by atoms with Crippen molar-refractivity contribution in [1.29, 1.82) is 0 Å². The van der Waals surface area contributed by atoms with Crippen LogP contribution in [0.4, 0.5) is 5.69 Å². The van der Waals surface area contributed by atoms with Crippen LogP contribution < -0.4 is 14.8 Å². The molecular formula is C19H19BrClNO5. The molecule has 0 aliphatic heterocycles. The fourth-order valence-electron chi connectivity index (χ4n) is 2.22. The fourth-order valence-corrected chi connectivity index (χ4v) is 2.81. The molecule has 2 rings (SSSR count). The van der Waals surface area contributed by atoms with Crippen LogP contribution >= 0.6 is 27.5 Å². The number of methoxy groups -OCH3 is 1. The van der Waals surface area contributed by atoms with E-state index >= 15 is 0 Å². The first-order chi connectivity index (χ1) is 12.8. The Bertz CT molecular complexity index is 843. The van der Waals surface area contributed by atoms with Crippen molar-refractivity contribution < 1.29 is 23.8 Å². The molecule has 1 amide bonds. The molecular weight excluding hydrogens is 438 g/mol. The van der Waals surface area contributed by atoms with Gasteiger partial charge >= 0.3 is 5.97 Å². The zero-order chi connectivity index (χ0) is 20.0. The molecule has 0 fully saturated rings. The molecule has 0 saturated carbocycles. The topological polar surface area (TPSA) is 73.9 Å². The molecule has 1 unspecified atom stereocenters. The van der Waals surface area contributed by atoms with Crippen molar-refractivity contribution in [3.8, 4) is 11.5 Å². The molecule has 0 heterocycles. The molecule has 1 N–H and O–H groups in total. The Morgan fingerprint density at radius 2 is 2.00 bits per heavy atom. The summed E-state index contributed by atoms with van der Waals surface area (Å²) < 4.78 is 16.7. The third-order valence-corrected chi connectivity index (χ3v) is 4.33. The van der Waals surface area contributed by atoms with Crippen molar-refractivity contribution in [1.82, 2.24) is 0 Å². The first-order valence-corrected chi connectivity index (χ1v) is 9.30. The van der Waals surface area contributed by atoms with Crippen LogP contribution in [0.3, 0.4) is 0 Å². The minimum atomic E-state index is -0.772. The average Bonchev–Trinajstić information content (AvgIpc) is 2.63. The molecule has 2 aromatic rings. The van der Waals surface area contributed by atoms with Crippen molar-refractivity contribution in [2.45, 2.75) is 20.0 Å².